The average Bonchev–Trinajstić information content (AvgIpc) is 4.36. The number of pyridine rings is 1. The van der Waals surface area contributed by atoms with Gasteiger partial charge in [-0.3, -0.25) is 4.90 Å². The number of thiazole rings is 2. The van der Waals surface area contributed by atoms with Crippen LogP contribution in [0.25, 0.3) is 25.6 Å². The smallest absolute Gasteiger partial charge is 0.240 e. The predicted octanol–water partition coefficient (Wildman–Crippen LogP) is 15.6. The number of nitriles is 1. The van der Waals surface area contributed by atoms with E-state index >= 15 is 0 Å². The van der Waals surface area contributed by atoms with Crippen LogP contribution >= 0.6 is 34.7 Å². The van der Waals surface area contributed by atoms with Gasteiger partial charge in [0.1, 0.15) is 28.9 Å². The van der Waals surface area contributed by atoms with Gasteiger partial charge in [0.15, 0.2) is 16.8 Å². The van der Waals surface area contributed by atoms with Crippen molar-refractivity contribution >= 4 is 115 Å². The monoisotopic (exact) mass is 1190 g/mol. The van der Waals surface area contributed by atoms with Crippen LogP contribution in [0.4, 0.5) is 39.6 Å². The molecule has 0 saturated carbocycles. The standard InChI is InChI=1S/C57H69N13O6S5/c1-13-16-25-60-75-76-79-47-32-46(35(5)29-36(47)6)62-53-45(66-67-54-42(33-58)52(57(10,11)12)68-70(54)56-64-43-21-19-40(30-48(43)78-56)74-80(59,71)27-18-15-3)23-24-50(65-53)69(51-37(7)28-34(4)38(8)39(51)9)55-63-44-22-20-41(31-49(44)77-55)81(72,73)61-26-17-14-2/h19-24,28-32,59-61H,13-18,25-27H2,1-12H3,(H,62,65). The summed E-state index contributed by atoms with van der Waals surface area (Å²) in [5.41, 5.74) is 12.0. The molecule has 4 aromatic heterocycles. The highest BCUT2D eigenvalue weighted by atomic mass is 32.2. The summed E-state index contributed by atoms with van der Waals surface area (Å²) in [4.78, 5) is 23.6. The molecule has 4 aromatic carbocycles. The lowest BCUT2D eigenvalue weighted by atomic mass is 9.90. The first-order valence-electron chi connectivity index (χ1n) is 26.8. The molecule has 1 unspecified atom stereocenters. The van der Waals surface area contributed by atoms with E-state index in [1.54, 1.807) is 42.5 Å². The van der Waals surface area contributed by atoms with Gasteiger partial charge in [0.25, 0.3) is 0 Å². The van der Waals surface area contributed by atoms with Crippen LogP contribution in [-0.2, 0) is 34.8 Å². The summed E-state index contributed by atoms with van der Waals surface area (Å²) in [6.07, 6.45) is 4.87. The number of hydroxylamine groups is 1. The summed E-state index contributed by atoms with van der Waals surface area (Å²) in [6.45, 7) is 25.2. The number of fused-ring (bicyclic) bond motifs is 2. The molecule has 4 N–H and O–H groups in total. The highest BCUT2D eigenvalue weighted by Crippen LogP contribution is 2.46. The van der Waals surface area contributed by atoms with Gasteiger partial charge in [0.05, 0.1) is 54.5 Å². The summed E-state index contributed by atoms with van der Waals surface area (Å²) in [5.74, 6) is 1.30. The molecule has 1 atom stereocenters. The third-order valence-electron chi connectivity index (χ3n) is 13.4. The Hall–Kier alpha value is -6.40. The Morgan fingerprint density at radius 1 is 0.790 bits per heavy atom. The lowest BCUT2D eigenvalue weighted by Crippen LogP contribution is -2.24. The first-order valence-corrected chi connectivity index (χ1v) is 32.3. The SMILES string of the molecule is CCCCNOOSc1cc(Nc2nc(N(c3nc4ccc(S(=O)(=O)NCCCC)cc4s3)c3c(C)cc(C)c(C)c3C)ccc2N=Nc2c(C#N)c(C(C)(C)C)nn2-c2nc3ccc(OS(=N)(=O)CCCC)cc3s2)c(C)cc1C. The molecule has 0 fully saturated rings. The van der Waals surface area contributed by atoms with Crippen LogP contribution < -0.4 is 24.6 Å². The fraction of sp³-hybridized carbons (Fsp3) is 0.386. The van der Waals surface area contributed by atoms with Crippen LogP contribution in [0, 0.1) is 57.7 Å². The van der Waals surface area contributed by atoms with Crippen LogP contribution in [-0.4, -0.2) is 56.2 Å². The van der Waals surface area contributed by atoms with Gasteiger partial charge >= 0.3 is 0 Å². The van der Waals surface area contributed by atoms with Crippen molar-refractivity contribution in [2.75, 3.05) is 29.1 Å². The van der Waals surface area contributed by atoms with Crippen LogP contribution in [0.2, 0.25) is 0 Å². The number of sulfonamides is 1. The summed E-state index contributed by atoms with van der Waals surface area (Å²) >= 11 is 3.69. The molecule has 0 aliphatic carbocycles. The molecule has 0 aliphatic rings. The number of hydrogen-bond acceptors (Lipinski definition) is 20. The van der Waals surface area contributed by atoms with Gasteiger partial charge in [0, 0.05) is 35.2 Å². The zero-order valence-corrected chi connectivity index (χ0v) is 51.8. The second kappa shape index (κ2) is 25.8. The van der Waals surface area contributed by atoms with E-state index in [0.29, 0.717) is 78.9 Å². The highest BCUT2D eigenvalue weighted by Gasteiger charge is 2.30. The van der Waals surface area contributed by atoms with E-state index in [1.165, 1.54) is 27.4 Å². The Morgan fingerprint density at radius 3 is 2.22 bits per heavy atom. The van der Waals surface area contributed by atoms with E-state index in [0.717, 1.165) is 88.1 Å². The molecule has 0 radical (unpaired) electrons. The summed E-state index contributed by atoms with van der Waals surface area (Å²) in [5, 5.41) is 30.1. The number of nitrogens with zero attached hydrogens (tertiary/aromatic N) is 9. The molecule has 0 aliphatic heterocycles. The zero-order chi connectivity index (χ0) is 58.4. The minimum atomic E-state index is -3.78. The summed E-state index contributed by atoms with van der Waals surface area (Å²) in [6, 6.07) is 22.2. The molecule has 428 valence electrons. The van der Waals surface area contributed by atoms with Crippen molar-refractivity contribution in [1.29, 1.82) is 10.0 Å². The van der Waals surface area contributed by atoms with E-state index in [4.69, 9.17) is 48.6 Å². The first-order chi connectivity index (χ1) is 38.6. The minimum absolute atomic E-state index is 0.118. The number of azo groups is 1. The number of aromatic nitrogens is 5. The molecule has 8 rings (SSSR count). The molecule has 19 nitrogen and oxygen atoms in total. The topological polar surface area (TPSA) is 247 Å². The Morgan fingerprint density at radius 2 is 1.49 bits per heavy atom. The van der Waals surface area contributed by atoms with Crippen LogP contribution in [0.1, 0.15) is 125 Å². The van der Waals surface area contributed by atoms with Crippen molar-refractivity contribution in [2.45, 2.75) is 137 Å². The van der Waals surface area contributed by atoms with Gasteiger partial charge in [-0.05, 0) is 143 Å². The van der Waals surface area contributed by atoms with Gasteiger partial charge in [0.2, 0.25) is 25.2 Å². The number of benzene rings is 4. The summed E-state index contributed by atoms with van der Waals surface area (Å²) in [7, 11) is -7.10. The quantitative estimate of drug-likeness (QED) is 0.0137. The van der Waals surface area contributed by atoms with Gasteiger partial charge in [-0.2, -0.15) is 20.5 Å². The Bertz CT molecular complexity index is 3920. The van der Waals surface area contributed by atoms with Crippen LogP contribution in [0.5, 0.6) is 5.75 Å². The second-order valence-electron chi connectivity index (χ2n) is 20.8. The van der Waals surface area contributed by atoms with E-state index in [2.05, 4.69) is 55.3 Å². The largest absolute Gasteiger partial charge is 0.396 e. The molecular formula is C57H69N13O6S5. The van der Waals surface area contributed by atoms with Gasteiger partial charge in [-0.1, -0.05) is 95.6 Å². The fourth-order valence-electron chi connectivity index (χ4n) is 8.77. The van der Waals surface area contributed by atoms with Gasteiger partial charge in [-0.15, -0.1) is 19.6 Å². The average molecular weight is 1190 g/mol. The number of unbranched alkanes of at least 4 members (excludes halogenated alkanes) is 3. The first kappa shape index (κ1) is 60.7. The molecule has 8 aromatic rings. The van der Waals surface area contributed by atoms with Crippen molar-refractivity contribution < 1.29 is 26.1 Å². The maximum absolute atomic E-state index is 13.5. The van der Waals surface area contributed by atoms with Crippen molar-refractivity contribution in [3.63, 3.8) is 0 Å². The minimum Gasteiger partial charge on any atom is -0.396 e. The Labute approximate surface area is 487 Å². The van der Waals surface area contributed by atoms with E-state index in [-0.39, 0.29) is 27.8 Å². The third-order valence-corrected chi connectivity index (χ3v) is 18.9. The fourth-order valence-corrected chi connectivity index (χ4v) is 13.6. The molecular weight excluding hydrogens is 1120 g/mol. The maximum atomic E-state index is 13.5. The van der Waals surface area contributed by atoms with Crippen molar-refractivity contribution in [1.82, 2.24) is 34.9 Å². The molecule has 0 amide bonds. The lowest BCUT2D eigenvalue weighted by molar-refractivity contribution is -0.244. The van der Waals surface area contributed by atoms with Crippen LogP contribution in [0.3, 0.4) is 0 Å². The lowest BCUT2D eigenvalue weighted by Gasteiger charge is -2.27. The second-order valence-corrected chi connectivity index (χ2v) is 27.1. The summed E-state index contributed by atoms with van der Waals surface area (Å²) < 4.78 is 65.1. The molecule has 81 heavy (non-hydrogen) atoms. The molecule has 0 saturated heterocycles. The van der Waals surface area contributed by atoms with Crippen molar-refractivity contribution in [2.24, 2.45) is 10.2 Å². The maximum Gasteiger partial charge on any atom is 0.240 e. The number of anilines is 5. The zero-order valence-electron chi connectivity index (χ0n) is 47.7. The molecule has 4 heterocycles. The number of hydrogen-bond donors (Lipinski definition) is 4. The Balaban J connectivity index is 1.29. The number of nitrogens with one attached hydrogen (secondary N) is 4. The normalized spacial score (nSPS) is 12.9. The van der Waals surface area contributed by atoms with Crippen LogP contribution in [0.15, 0.2) is 86.7 Å². The van der Waals surface area contributed by atoms with Crippen molar-refractivity contribution in [3.05, 3.63) is 111 Å². The number of rotatable bonds is 25. The Kier molecular flexibility index (Phi) is 19.3. The van der Waals surface area contributed by atoms with E-state index < -0.39 is 25.4 Å². The number of aryl methyl sites for hydroxylation is 4. The predicted molar refractivity (Wildman–Crippen MR) is 327 cm³/mol. The molecule has 24 heteroatoms. The van der Waals surface area contributed by atoms with Gasteiger partial charge < -0.3 is 9.50 Å². The third kappa shape index (κ3) is 14.1. The van der Waals surface area contributed by atoms with E-state index in [9.17, 15) is 17.9 Å². The van der Waals surface area contributed by atoms with Gasteiger partial charge in [-0.25, -0.2) is 37.1 Å². The molecule has 0 bridgehead atoms. The molecule has 0 spiro atoms. The highest BCUT2D eigenvalue weighted by molar-refractivity contribution is 7.94. The van der Waals surface area contributed by atoms with E-state index in [1.807, 2.05) is 78.5 Å². The van der Waals surface area contributed by atoms with Crippen molar-refractivity contribution in [3.8, 4) is 17.0 Å².